The number of nitrogens with zero attached hydrogens (tertiary/aromatic N) is 4. The fourth-order valence-corrected chi connectivity index (χ4v) is 4.74. The number of aryl methyl sites for hydroxylation is 1. The number of sulfone groups is 1. The minimum Gasteiger partial charge on any atom is -0.319 e. The van der Waals surface area contributed by atoms with Crippen LogP contribution in [0.5, 0.6) is 0 Å². The summed E-state index contributed by atoms with van der Waals surface area (Å²) in [7, 11) is -1.97. The molecular formula is C26H19F3N4O4S. The van der Waals surface area contributed by atoms with E-state index in [1.807, 2.05) is 0 Å². The van der Waals surface area contributed by atoms with Gasteiger partial charge in [0.05, 0.1) is 10.5 Å². The van der Waals surface area contributed by atoms with E-state index in [2.05, 4.69) is 9.97 Å². The molecule has 3 aromatic carbocycles. The Morgan fingerprint density at radius 3 is 2.21 bits per heavy atom. The first-order chi connectivity index (χ1) is 17.9. The van der Waals surface area contributed by atoms with Crippen LogP contribution in [0.15, 0.2) is 93.2 Å². The Kier molecular flexibility index (Phi) is 6.06. The van der Waals surface area contributed by atoms with E-state index in [9.17, 15) is 26.4 Å². The first-order valence-corrected chi connectivity index (χ1v) is 13.0. The highest BCUT2D eigenvalue weighted by atomic mass is 32.2. The Morgan fingerprint density at radius 1 is 0.868 bits per heavy atom. The highest BCUT2D eigenvalue weighted by Gasteiger charge is 2.35. The molecule has 0 spiro atoms. The van der Waals surface area contributed by atoms with Gasteiger partial charge in [-0.25, -0.2) is 18.2 Å². The molecule has 0 aliphatic rings. The summed E-state index contributed by atoms with van der Waals surface area (Å²) in [6.07, 6.45) is -2.04. The maximum atomic E-state index is 13.9. The maximum Gasteiger partial charge on any atom is 0.460 e. The molecular weight excluding hydrogens is 521 g/mol. The second-order valence-corrected chi connectivity index (χ2v) is 10.5. The van der Waals surface area contributed by atoms with Crippen LogP contribution in [0, 0.1) is 0 Å². The summed E-state index contributed by atoms with van der Waals surface area (Å²) in [6, 6.07) is 18.3. The third-order valence-electron chi connectivity index (χ3n) is 5.86. The van der Waals surface area contributed by atoms with Gasteiger partial charge in [-0.15, -0.1) is 0 Å². The highest BCUT2D eigenvalue weighted by molar-refractivity contribution is 7.90. The first kappa shape index (κ1) is 25.2. The van der Waals surface area contributed by atoms with Crippen molar-refractivity contribution in [3.63, 3.8) is 0 Å². The zero-order chi connectivity index (χ0) is 27.2. The number of hydrogen-bond donors (Lipinski definition) is 0. The summed E-state index contributed by atoms with van der Waals surface area (Å²) in [6.45, 7) is 0. The number of aromatic nitrogens is 4. The predicted molar refractivity (Wildman–Crippen MR) is 133 cm³/mol. The van der Waals surface area contributed by atoms with E-state index in [0.717, 1.165) is 17.1 Å². The summed E-state index contributed by atoms with van der Waals surface area (Å²) in [5.41, 5.74) is 0.940. The van der Waals surface area contributed by atoms with E-state index in [0.29, 0.717) is 16.8 Å². The van der Waals surface area contributed by atoms with Crippen LogP contribution in [0.4, 0.5) is 13.2 Å². The maximum absolute atomic E-state index is 13.9. The Labute approximate surface area is 214 Å². The molecule has 0 fully saturated rings. The van der Waals surface area contributed by atoms with Crippen molar-refractivity contribution in [2.45, 2.75) is 11.1 Å². The predicted octanol–water partition coefficient (Wildman–Crippen LogP) is 4.98. The zero-order valence-corrected chi connectivity index (χ0v) is 20.8. The van der Waals surface area contributed by atoms with Gasteiger partial charge < -0.3 is 4.52 Å². The van der Waals surface area contributed by atoms with E-state index in [1.54, 1.807) is 42.5 Å². The van der Waals surface area contributed by atoms with Gasteiger partial charge in [-0.3, -0.25) is 4.57 Å². The van der Waals surface area contributed by atoms with Crippen LogP contribution < -0.4 is 5.76 Å². The van der Waals surface area contributed by atoms with Gasteiger partial charge in [-0.1, -0.05) is 42.5 Å². The molecule has 5 aromatic rings. The minimum absolute atomic E-state index is 0.0183. The summed E-state index contributed by atoms with van der Waals surface area (Å²) in [4.78, 5) is 20.0. The van der Waals surface area contributed by atoms with Crippen molar-refractivity contribution < 1.29 is 26.1 Å². The van der Waals surface area contributed by atoms with Gasteiger partial charge in [0.15, 0.2) is 15.7 Å². The number of halogens is 3. The molecule has 194 valence electrons. The summed E-state index contributed by atoms with van der Waals surface area (Å²) >= 11 is 0. The van der Waals surface area contributed by atoms with Gasteiger partial charge in [0.1, 0.15) is 11.5 Å². The zero-order valence-electron chi connectivity index (χ0n) is 20.0. The van der Waals surface area contributed by atoms with E-state index >= 15 is 0 Å². The van der Waals surface area contributed by atoms with Crippen molar-refractivity contribution in [2.24, 2.45) is 7.05 Å². The molecule has 0 saturated carbocycles. The Hall–Kier alpha value is -4.45. The van der Waals surface area contributed by atoms with Crippen LogP contribution >= 0.6 is 0 Å². The van der Waals surface area contributed by atoms with Crippen LogP contribution in [0.1, 0.15) is 5.56 Å². The van der Waals surface area contributed by atoms with E-state index in [4.69, 9.17) is 4.52 Å². The number of rotatable bonds is 5. The lowest BCUT2D eigenvalue weighted by Gasteiger charge is -2.14. The van der Waals surface area contributed by atoms with E-state index < -0.39 is 27.3 Å². The number of benzene rings is 3. The number of alkyl halides is 3. The number of hydrogen-bond acceptors (Lipinski definition) is 6. The van der Waals surface area contributed by atoms with Crippen LogP contribution in [0.3, 0.4) is 0 Å². The monoisotopic (exact) mass is 540 g/mol. The molecule has 0 atom stereocenters. The van der Waals surface area contributed by atoms with Gasteiger partial charge in [-0.05, 0) is 41.5 Å². The molecule has 0 aliphatic carbocycles. The molecule has 0 bridgehead atoms. The van der Waals surface area contributed by atoms with Crippen molar-refractivity contribution in [3.05, 3.63) is 95.1 Å². The molecule has 2 heterocycles. The standard InChI is InChI=1S/C26H19F3N4O4S/c1-32-24(31-25(34)37-32)22-15-33(23(30-22)20-8-3-4-9-21(20)26(27,28)29)18-12-10-16(11-13-18)17-6-5-7-19(14-17)38(2,35)36/h3-15H,1-2H3. The van der Waals surface area contributed by atoms with Crippen molar-refractivity contribution >= 4 is 9.84 Å². The van der Waals surface area contributed by atoms with Crippen molar-refractivity contribution in [2.75, 3.05) is 6.26 Å². The van der Waals surface area contributed by atoms with Gasteiger partial charge in [0, 0.05) is 30.8 Å². The average Bonchev–Trinajstić information content (AvgIpc) is 3.46. The fourth-order valence-electron chi connectivity index (χ4n) is 4.08. The average molecular weight is 541 g/mol. The molecule has 2 aromatic heterocycles. The van der Waals surface area contributed by atoms with Crippen LogP contribution in [0.2, 0.25) is 0 Å². The lowest BCUT2D eigenvalue weighted by molar-refractivity contribution is -0.137. The smallest absolute Gasteiger partial charge is 0.319 e. The quantitative estimate of drug-likeness (QED) is 0.312. The molecule has 0 N–H and O–H groups in total. The highest BCUT2D eigenvalue weighted by Crippen LogP contribution is 2.38. The minimum atomic E-state index is -4.64. The van der Waals surface area contributed by atoms with E-state index in [-0.39, 0.29) is 27.8 Å². The van der Waals surface area contributed by atoms with Crippen LogP contribution in [-0.2, 0) is 23.1 Å². The molecule has 38 heavy (non-hydrogen) atoms. The van der Waals surface area contributed by atoms with Gasteiger partial charge in [0.2, 0.25) is 0 Å². The van der Waals surface area contributed by atoms with Crippen LogP contribution in [0.25, 0.3) is 39.7 Å². The Bertz CT molecular complexity index is 1820. The van der Waals surface area contributed by atoms with Crippen molar-refractivity contribution in [1.29, 1.82) is 0 Å². The first-order valence-electron chi connectivity index (χ1n) is 11.1. The lowest BCUT2D eigenvalue weighted by atomic mass is 10.0. The van der Waals surface area contributed by atoms with E-state index in [1.165, 1.54) is 42.1 Å². The molecule has 12 heteroatoms. The largest absolute Gasteiger partial charge is 0.460 e. The lowest BCUT2D eigenvalue weighted by Crippen LogP contribution is -2.08. The van der Waals surface area contributed by atoms with Gasteiger partial charge >= 0.3 is 11.9 Å². The summed E-state index contributed by atoms with van der Waals surface area (Å²) in [5.74, 6) is -0.834. The number of imidazole rings is 1. The summed E-state index contributed by atoms with van der Waals surface area (Å²) in [5, 5.41) is 0. The molecule has 8 nitrogen and oxygen atoms in total. The fraction of sp³-hybridized carbons (Fsp3) is 0.115. The molecule has 0 radical (unpaired) electrons. The molecule has 0 saturated heterocycles. The Balaban J connectivity index is 1.66. The van der Waals surface area contributed by atoms with Gasteiger partial charge in [0.25, 0.3) is 0 Å². The summed E-state index contributed by atoms with van der Waals surface area (Å²) < 4.78 is 72.9. The Morgan fingerprint density at radius 2 is 1.58 bits per heavy atom. The molecule has 0 aliphatic heterocycles. The second-order valence-electron chi connectivity index (χ2n) is 8.50. The normalized spacial score (nSPS) is 12.1. The molecule has 0 unspecified atom stereocenters. The van der Waals surface area contributed by atoms with Crippen molar-refractivity contribution in [1.82, 2.24) is 19.3 Å². The van der Waals surface area contributed by atoms with Crippen molar-refractivity contribution in [3.8, 4) is 39.7 Å². The second kappa shape index (κ2) is 9.14. The van der Waals surface area contributed by atoms with Gasteiger partial charge in [-0.2, -0.15) is 22.9 Å². The van der Waals surface area contributed by atoms with Crippen LogP contribution in [-0.4, -0.2) is 33.9 Å². The SMILES string of the molecule is Cn1oc(=O)nc1-c1cn(-c2ccc(-c3cccc(S(C)(=O)=O)c3)cc2)c(-c2ccccc2C(F)(F)F)n1. The topological polar surface area (TPSA) is 100.0 Å². The molecule has 5 rings (SSSR count). The molecule has 0 amide bonds. The third-order valence-corrected chi connectivity index (χ3v) is 6.97. The third kappa shape index (κ3) is 4.77.